The number of aryl methyl sites for hydroxylation is 1. The number of halogens is 1. The number of nitrogens with one attached hydrogen (secondary N) is 2. The van der Waals surface area contributed by atoms with Gasteiger partial charge in [0, 0.05) is 17.6 Å². The Morgan fingerprint density at radius 1 is 1.19 bits per heavy atom. The Bertz CT molecular complexity index is 810. The number of anilines is 1. The van der Waals surface area contributed by atoms with Gasteiger partial charge in [0.25, 0.3) is 0 Å². The van der Waals surface area contributed by atoms with Crippen LogP contribution < -0.4 is 24.8 Å². The number of urea groups is 1. The van der Waals surface area contributed by atoms with Crippen molar-refractivity contribution >= 4 is 23.3 Å². The van der Waals surface area contributed by atoms with Gasteiger partial charge in [-0.15, -0.1) is 0 Å². The van der Waals surface area contributed by atoms with Gasteiger partial charge in [-0.1, -0.05) is 17.7 Å². The second kappa shape index (κ2) is 8.19. The van der Waals surface area contributed by atoms with Gasteiger partial charge in [0.15, 0.2) is 11.5 Å². The third-order valence-corrected chi connectivity index (χ3v) is 4.44. The number of carbonyl (C=O) groups excluding carboxylic acids is 1. The van der Waals surface area contributed by atoms with Crippen LogP contribution in [-0.4, -0.2) is 32.9 Å². The van der Waals surface area contributed by atoms with Crippen LogP contribution in [0.15, 0.2) is 30.3 Å². The fourth-order valence-corrected chi connectivity index (χ4v) is 2.81. The molecule has 2 amide bonds. The van der Waals surface area contributed by atoms with E-state index in [0.717, 1.165) is 22.6 Å². The normalized spacial score (nSPS) is 12.4. The minimum atomic E-state index is -0.303. The van der Waals surface area contributed by atoms with Crippen molar-refractivity contribution in [2.24, 2.45) is 0 Å². The molecule has 138 valence electrons. The number of amides is 2. The van der Waals surface area contributed by atoms with E-state index in [1.54, 1.807) is 12.1 Å². The van der Waals surface area contributed by atoms with Crippen LogP contribution >= 0.6 is 11.6 Å². The molecule has 0 spiro atoms. The predicted octanol–water partition coefficient (Wildman–Crippen LogP) is 3.79. The molecule has 0 atom stereocenters. The molecule has 0 aliphatic carbocycles. The molecule has 0 saturated heterocycles. The summed E-state index contributed by atoms with van der Waals surface area (Å²) in [4.78, 5) is 12.1. The number of fused-ring (bicyclic) bond motifs is 1. The smallest absolute Gasteiger partial charge is 0.319 e. The number of benzene rings is 2. The molecule has 2 aromatic rings. The third kappa shape index (κ3) is 4.32. The van der Waals surface area contributed by atoms with Crippen LogP contribution in [0, 0.1) is 6.92 Å². The van der Waals surface area contributed by atoms with E-state index < -0.39 is 0 Å². The average molecular weight is 377 g/mol. The Balaban J connectivity index is 1.54. The van der Waals surface area contributed by atoms with Gasteiger partial charge in [-0.25, -0.2) is 4.79 Å². The highest BCUT2D eigenvalue weighted by Crippen LogP contribution is 2.31. The van der Waals surface area contributed by atoms with E-state index in [0.29, 0.717) is 42.6 Å². The van der Waals surface area contributed by atoms with Crippen LogP contribution in [0.2, 0.25) is 5.02 Å². The van der Waals surface area contributed by atoms with Crippen molar-refractivity contribution in [1.29, 1.82) is 0 Å². The Kier molecular flexibility index (Phi) is 5.73. The van der Waals surface area contributed by atoms with Crippen LogP contribution in [0.3, 0.4) is 0 Å². The average Bonchev–Trinajstić information content (AvgIpc) is 2.64. The van der Waals surface area contributed by atoms with Gasteiger partial charge in [-0.2, -0.15) is 0 Å². The van der Waals surface area contributed by atoms with Gasteiger partial charge in [0.2, 0.25) is 0 Å². The zero-order valence-corrected chi connectivity index (χ0v) is 15.5. The molecule has 7 heteroatoms. The molecule has 0 bridgehead atoms. The van der Waals surface area contributed by atoms with Crippen molar-refractivity contribution < 1.29 is 19.0 Å². The summed E-state index contributed by atoms with van der Waals surface area (Å²) in [6, 6.07) is 8.97. The van der Waals surface area contributed by atoms with Crippen molar-refractivity contribution in [2.45, 2.75) is 13.3 Å². The van der Waals surface area contributed by atoms with Gasteiger partial charge in [-0.3, -0.25) is 0 Å². The monoisotopic (exact) mass is 376 g/mol. The number of hydrogen-bond donors (Lipinski definition) is 2. The number of methoxy groups -OCH3 is 1. The molecule has 0 radical (unpaired) electrons. The lowest BCUT2D eigenvalue weighted by Gasteiger charge is -2.19. The molecule has 2 aromatic carbocycles. The molecule has 6 nitrogen and oxygen atoms in total. The SMILES string of the molecule is COc1cc(Cl)c(C)cc1NC(=O)NCCc1ccc2c(c1)OCCO2. The molecule has 3 rings (SSSR count). The molecule has 2 N–H and O–H groups in total. The van der Waals surface area contributed by atoms with Crippen molar-refractivity contribution in [3.8, 4) is 17.2 Å². The molecular weight excluding hydrogens is 356 g/mol. The first-order valence-electron chi connectivity index (χ1n) is 8.34. The Labute approximate surface area is 157 Å². The predicted molar refractivity (Wildman–Crippen MR) is 101 cm³/mol. The lowest BCUT2D eigenvalue weighted by atomic mass is 10.1. The fourth-order valence-electron chi connectivity index (χ4n) is 2.66. The summed E-state index contributed by atoms with van der Waals surface area (Å²) in [7, 11) is 1.53. The van der Waals surface area contributed by atoms with E-state index >= 15 is 0 Å². The number of carbonyl (C=O) groups is 1. The molecule has 1 heterocycles. The highest BCUT2D eigenvalue weighted by atomic mass is 35.5. The summed E-state index contributed by atoms with van der Waals surface area (Å²) in [6.07, 6.45) is 0.681. The Morgan fingerprint density at radius 2 is 1.96 bits per heavy atom. The van der Waals surface area contributed by atoms with E-state index in [-0.39, 0.29) is 6.03 Å². The minimum Gasteiger partial charge on any atom is -0.495 e. The van der Waals surface area contributed by atoms with Gasteiger partial charge in [-0.05, 0) is 42.7 Å². The van der Waals surface area contributed by atoms with Crippen molar-refractivity contribution in [1.82, 2.24) is 5.32 Å². The van der Waals surface area contributed by atoms with Crippen molar-refractivity contribution in [2.75, 3.05) is 32.2 Å². The van der Waals surface area contributed by atoms with Crippen molar-refractivity contribution in [3.63, 3.8) is 0 Å². The van der Waals surface area contributed by atoms with E-state index in [1.807, 2.05) is 25.1 Å². The van der Waals surface area contributed by atoms with Crippen molar-refractivity contribution in [3.05, 3.63) is 46.5 Å². The van der Waals surface area contributed by atoms with Gasteiger partial charge in [0.1, 0.15) is 19.0 Å². The summed E-state index contributed by atoms with van der Waals surface area (Å²) in [5.74, 6) is 2.03. The zero-order chi connectivity index (χ0) is 18.5. The lowest BCUT2D eigenvalue weighted by Crippen LogP contribution is -2.30. The van der Waals surface area contributed by atoms with Gasteiger partial charge < -0.3 is 24.8 Å². The first-order valence-corrected chi connectivity index (χ1v) is 8.72. The standard InChI is InChI=1S/C19H21ClN2O4/c1-12-9-15(17(24-2)11-14(12)20)22-19(23)21-6-5-13-3-4-16-18(10-13)26-8-7-25-16/h3-4,9-11H,5-8H2,1-2H3,(H2,21,22,23). The summed E-state index contributed by atoms with van der Waals surface area (Å²) >= 11 is 6.08. The topological polar surface area (TPSA) is 68.8 Å². The molecule has 0 fully saturated rings. The molecule has 1 aliphatic rings. The van der Waals surface area contributed by atoms with Crippen LogP contribution in [-0.2, 0) is 6.42 Å². The third-order valence-electron chi connectivity index (χ3n) is 4.03. The largest absolute Gasteiger partial charge is 0.495 e. The zero-order valence-electron chi connectivity index (χ0n) is 14.7. The van der Waals surface area contributed by atoms with Crippen LogP contribution in [0.5, 0.6) is 17.2 Å². The molecular formula is C19H21ClN2O4. The maximum atomic E-state index is 12.1. The number of ether oxygens (including phenoxy) is 3. The second-order valence-corrected chi connectivity index (χ2v) is 6.32. The fraction of sp³-hybridized carbons (Fsp3) is 0.316. The number of rotatable bonds is 5. The Hall–Kier alpha value is -2.60. The van der Waals surface area contributed by atoms with Gasteiger partial charge in [0.05, 0.1) is 12.8 Å². The second-order valence-electron chi connectivity index (χ2n) is 5.91. The van der Waals surface area contributed by atoms with Crippen LogP contribution in [0.4, 0.5) is 10.5 Å². The highest BCUT2D eigenvalue weighted by Gasteiger charge is 2.12. The highest BCUT2D eigenvalue weighted by molar-refractivity contribution is 6.31. The van der Waals surface area contributed by atoms with E-state index in [4.69, 9.17) is 25.8 Å². The quantitative estimate of drug-likeness (QED) is 0.833. The molecule has 0 aromatic heterocycles. The number of hydrogen-bond acceptors (Lipinski definition) is 4. The first kappa shape index (κ1) is 18.2. The maximum Gasteiger partial charge on any atom is 0.319 e. The maximum absolute atomic E-state index is 12.1. The summed E-state index contributed by atoms with van der Waals surface area (Å²) < 4.78 is 16.3. The first-order chi connectivity index (χ1) is 12.6. The van der Waals surface area contributed by atoms with E-state index in [2.05, 4.69) is 10.6 Å². The minimum absolute atomic E-state index is 0.303. The lowest BCUT2D eigenvalue weighted by molar-refractivity contribution is 0.171. The van der Waals surface area contributed by atoms with E-state index in [1.165, 1.54) is 7.11 Å². The molecule has 0 saturated carbocycles. The summed E-state index contributed by atoms with van der Waals surface area (Å²) in [5.41, 5.74) is 2.50. The molecule has 0 unspecified atom stereocenters. The van der Waals surface area contributed by atoms with E-state index in [9.17, 15) is 4.79 Å². The Morgan fingerprint density at radius 3 is 2.73 bits per heavy atom. The summed E-state index contributed by atoms with van der Waals surface area (Å²) in [6.45, 7) is 3.48. The summed E-state index contributed by atoms with van der Waals surface area (Å²) in [5, 5.41) is 6.21. The van der Waals surface area contributed by atoms with Crippen LogP contribution in [0.1, 0.15) is 11.1 Å². The van der Waals surface area contributed by atoms with Crippen LogP contribution in [0.25, 0.3) is 0 Å². The van der Waals surface area contributed by atoms with Gasteiger partial charge >= 0.3 is 6.03 Å². The molecule has 1 aliphatic heterocycles. The molecule has 26 heavy (non-hydrogen) atoms.